The van der Waals surface area contributed by atoms with Gasteiger partial charge in [0, 0.05) is 37.6 Å². The molecule has 3 nitrogen and oxygen atoms in total. The molecule has 0 aliphatic carbocycles. The van der Waals surface area contributed by atoms with Crippen molar-refractivity contribution in [3.63, 3.8) is 0 Å². The van der Waals surface area contributed by atoms with Crippen molar-refractivity contribution in [1.82, 2.24) is 9.80 Å². The number of rotatable bonds is 5. The number of hydrogen-bond acceptors (Lipinski definition) is 4. The molecule has 18 heavy (non-hydrogen) atoms. The number of nitrogens with zero attached hydrogens (tertiary/aromatic N) is 2. The molecule has 0 saturated carbocycles. The summed E-state index contributed by atoms with van der Waals surface area (Å²) in [7, 11) is 0. The predicted octanol–water partition coefficient (Wildman–Crippen LogP) is 2.08. The minimum atomic E-state index is 0.425. The highest BCUT2D eigenvalue weighted by Crippen LogP contribution is 2.28. The van der Waals surface area contributed by atoms with Crippen LogP contribution in [0.25, 0.3) is 0 Å². The van der Waals surface area contributed by atoms with Crippen molar-refractivity contribution in [3.8, 4) is 0 Å². The van der Waals surface area contributed by atoms with E-state index >= 15 is 0 Å². The summed E-state index contributed by atoms with van der Waals surface area (Å²) in [5.74, 6) is 0. The topological polar surface area (TPSA) is 32.5 Å². The SMILES string of the molecule is CCCN1CCN(C(CN)c2sccc2C)CC1. The summed E-state index contributed by atoms with van der Waals surface area (Å²) in [5, 5.41) is 2.18. The Kier molecular flexibility index (Phi) is 5.18. The molecule has 0 amide bonds. The summed E-state index contributed by atoms with van der Waals surface area (Å²) in [6, 6.07) is 2.63. The van der Waals surface area contributed by atoms with Crippen LogP contribution in [-0.4, -0.2) is 49.1 Å². The molecule has 2 heterocycles. The molecule has 1 unspecified atom stereocenters. The Morgan fingerprint density at radius 3 is 2.56 bits per heavy atom. The first kappa shape index (κ1) is 14.0. The zero-order valence-electron chi connectivity index (χ0n) is 11.6. The molecule has 1 saturated heterocycles. The van der Waals surface area contributed by atoms with Crippen LogP contribution in [0.5, 0.6) is 0 Å². The lowest BCUT2D eigenvalue weighted by Gasteiger charge is -2.38. The summed E-state index contributed by atoms with van der Waals surface area (Å²) in [4.78, 5) is 6.58. The smallest absolute Gasteiger partial charge is 0.0567 e. The van der Waals surface area contributed by atoms with Gasteiger partial charge in [-0.05, 0) is 36.9 Å². The highest BCUT2D eigenvalue weighted by molar-refractivity contribution is 7.10. The normalized spacial score (nSPS) is 20.2. The lowest BCUT2D eigenvalue weighted by molar-refractivity contribution is 0.0996. The summed E-state index contributed by atoms with van der Waals surface area (Å²) < 4.78 is 0. The van der Waals surface area contributed by atoms with Gasteiger partial charge >= 0.3 is 0 Å². The van der Waals surface area contributed by atoms with Gasteiger partial charge in [-0.1, -0.05) is 6.92 Å². The molecule has 1 atom stereocenters. The molecule has 1 aliphatic heterocycles. The third-order valence-corrected chi connectivity index (χ3v) is 4.94. The first-order chi connectivity index (χ1) is 8.76. The van der Waals surface area contributed by atoms with Crippen molar-refractivity contribution in [2.75, 3.05) is 39.3 Å². The fraction of sp³-hybridized carbons (Fsp3) is 0.714. The van der Waals surface area contributed by atoms with Crippen LogP contribution >= 0.6 is 11.3 Å². The van der Waals surface area contributed by atoms with Gasteiger partial charge in [0.25, 0.3) is 0 Å². The van der Waals surface area contributed by atoms with Crippen LogP contribution in [0.15, 0.2) is 11.4 Å². The lowest BCUT2D eigenvalue weighted by atomic mass is 10.1. The van der Waals surface area contributed by atoms with Crippen LogP contribution in [0.4, 0.5) is 0 Å². The zero-order chi connectivity index (χ0) is 13.0. The predicted molar refractivity (Wildman–Crippen MR) is 79.2 cm³/mol. The third kappa shape index (κ3) is 3.12. The summed E-state index contributed by atoms with van der Waals surface area (Å²) in [6.45, 7) is 11.1. The average Bonchev–Trinajstić information content (AvgIpc) is 2.79. The van der Waals surface area contributed by atoms with Gasteiger partial charge < -0.3 is 10.6 Å². The van der Waals surface area contributed by atoms with Crippen molar-refractivity contribution in [2.45, 2.75) is 26.3 Å². The van der Waals surface area contributed by atoms with Gasteiger partial charge in [-0.2, -0.15) is 0 Å². The first-order valence-electron chi connectivity index (χ1n) is 6.96. The van der Waals surface area contributed by atoms with Gasteiger partial charge in [0.15, 0.2) is 0 Å². The molecular weight excluding hydrogens is 242 g/mol. The molecule has 2 rings (SSSR count). The quantitative estimate of drug-likeness (QED) is 0.886. The molecule has 0 radical (unpaired) electrons. The van der Waals surface area contributed by atoms with E-state index in [0.29, 0.717) is 6.04 Å². The van der Waals surface area contributed by atoms with Crippen LogP contribution in [0.1, 0.15) is 29.8 Å². The molecule has 0 aromatic carbocycles. The molecule has 0 spiro atoms. The maximum absolute atomic E-state index is 6.01. The largest absolute Gasteiger partial charge is 0.329 e. The lowest BCUT2D eigenvalue weighted by Crippen LogP contribution is -2.49. The molecule has 4 heteroatoms. The fourth-order valence-corrected chi connectivity index (χ4v) is 3.84. The van der Waals surface area contributed by atoms with Gasteiger partial charge in [0.05, 0.1) is 6.04 Å². The average molecular weight is 267 g/mol. The number of piperazine rings is 1. The van der Waals surface area contributed by atoms with Crippen molar-refractivity contribution < 1.29 is 0 Å². The highest BCUT2D eigenvalue weighted by Gasteiger charge is 2.25. The Balaban J connectivity index is 1.97. The Morgan fingerprint density at radius 1 is 1.33 bits per heavy atom. The van der Waals surface area contributed by atoms with Gasteiger partial charge in [0.1, 0.15) is 0 Å². The Morgan fingerprint density at radius 2 is 2.06 bits per heavy atom. The molecule has 1 aromatic rings. The fourth-order valence-electron chi connectivity index (χ4n) is 2.76. The van der Waals surface area contributed by atoms with E-state index in [1.807, 2.05) is 11.3 Å². The number of nitrogens with two attached hydrogens (primary N) is 1. The van der Waals surface area contributed by atoms with Crippen molar-refractivity contribution >= 4 is 11.3 Å². The van der Waals surface area contributed by atoms with Crippen molar-refractivity contribution in [2.24, 2.45) is 5.73 Å². The molecule has 1 fully saturated rings. The number of thiophene rings is 1. The zero-order valence-corrected chi connectivity index (χ0v) is 12.4. The van der Waals surface area contributed by atoms with Crippen LogP contribution < -0.4 is 5.73 Å². The van der Waals surface area contributed by atoms with Crippen molar-refractivity contribution in [3.05, 3.63) is 21.9 Å². The summed E-state index contributed by atoms with van der Waals surface area (Å²) in [6.07, 6.45) is 1.25. The molecule has 0 bridgehead atoms. The molecule has 1 aliphatic rings. The van der Waals surface area contributed by atoms with E-state index in [2.05, 4.69) is 35.1 Å². The Hall–Kier alpha value is -0.420. The second-order valence-electron chi connectivity index (χ2n) is 5.10. The van der Waals surface area contributed by atoms with Gasteiger partial charge in [-0.15, -0.1) is 11.3 Å². The maximum atomic E-state index is 6.01. The molecule has 2 N–H and O–H groups in total. The van der Waals surface area contributed by atoms with E-state index < -0.39 is 0 Å². The number of aryl methyl sites for hydroxylation is 1. The van der Waals surface area contributed by atoms with Gasteiger partial charge in [-0.25, -0.2) is 0 Å². The van der Waals surface area contributed by atoms with E-state index in [1.54, 1.807) is 0 Å². The van der Waals surface area contributed by atoms with Crippen LogP contribution in [0.2, 0.25) is 0 Å². The van der Waals surface area contributed by atoms with E-state index in [-0.39, 0.29) is 0 Å². The molecule has 102 valence electrons. The van der Waals surface area contributed by atoms with Gasteiger partial charge in [0.2, 0.25) is 0 Å². The maximum Gasteiger partial charge on any atom is 0.0567 e. The minimum absolute atomic E-state index is 0.425. The summed E-state index contributed by atoms with van der Waals surface area (Å²) in [5.41, 5.74) is 7.40. The number of hydrogen-bond donors (Lipinski definition) is 1. The van der Waals surface area contributed by atoms with Crippen LogP contribution in [-0.2, 0) is 0 Å². The minimum Gasteiger partial charge on any atom is -0.329 e. The first-order valence-corrected chi connectivity index (χ1v) is 7.84. The second kappa shape index (κ2) is 6.66. The van der Waals surface area contributed by atoms with Crippen LogP contribution in [0, 0.1) is 6.92 Å². The van der Waals surface area contributed by atoms with E-state index in [9.17, 15) is 0 Å². The van der Waals surface area contributed by atoms with Crippen molar-refractivity contribution in [1.29, 1.82) is 0 Å². The Labute approximate surface area is 115 Å². The second-order valence-corrected chi connectivity index (χ2v) is 6.04. The van der Waals surface area contributed by atoms with E-state index in [4.69, 9.17) is 5.73 Å². The van der Waals surface area contributed by atoms with E-state index in [0.717, 1.165) is 19.6 Å². The van der Waals surface area contributed by atoms with Crippen LogP contribution in [0.3, 0.4) is 0 Å². The molecule has 1 aromatic heterocycles. The third-order valence-electron chi connectivity index (χ3n) is 3.82. The van der Waals surface area contributed by atoms with E-state index in [1.165, 1.54) is 36.5 Å². The highest BCUT2D eigenvalue weighted by atomic mass is 32.1. The molecular formula is C14H25N3S. The van der Waals surface area contributed by atoms with Gasteiger partial charge in [-0.3, -0.25) is 4.90 Å². The Bertz CT molecular complexity index is 356. The standard InChI is InChI=1S/C14H25N3S/c1-3-5-16-6-8-17(9-7-16)13(11-15)14-12(2)4-10-18-14/h4,10,13H,3,5-9,11,15H2,1-2H3. The summed E-state index contributed by atoms with van der Waals surface area (Å²) >= 11 is 1.85. The monoisotopic (exact) mass is 267 g/mol.